The molecule has 0 radical (unpaired) electrons. The van der Waals surface area contributed by atoms with Crippen LogP contribution < -0.4 is 0 Å². The standard InChI is InChI=1S/C19H26N2OS.ClH/c1-20(16-17-6-3-2-4-7-17)10-9-18(19-8-5-15-23-19)21-11-13-22-14-12-21;/h2-8,15,18H,9-14,16H2,1H3;1H. The Morgan fingerprint density at radius 2 is 1.88 bits per heavy atom. The molecule has 1 unspecified atom stereocenters. The van der Waals surface area contributed by atoms with Crippen molar-refractivity contribution in [2.24, 2.45) is 0 Å². The maximum Gasteiger partial charge on any atom is 0.0594 e. The molecule has 1 aliphatic heterocycles. The van der Waals surface area contributed by atoms with Crippen molar-refractivity contribution >= 4 is 23.7 Å². The van der Waals surface area contributed by atoms with Gasteiger partial charge in [-0.2, -0.15) is 0 Å². The van der Waals surface area contributed by atoms with Crippen molar-refractivity contribution < 1.29 is 4.74 Å². The second-order valence-electron chi connectivity index (χ2n) is 6.19. The predicted molar refractivity (Wildman–Crippen MR) is 104 cm³/mol. The summed E-state index contributed by atoms with van der Waals surface area (Å²) in [7, 11) is 2.22. The number of hydrogen-bond donors (Lipinski definition) is 0. The summed E-state index contributed by atoms with van der Waals surface area (Å²) < 4.78 is 5.52. The SMILES string of the molecule is CN(CCC(c1cccs1)N1CCOCC1)Cc1ccccc1.Cl. The van der Waals surface area contributed by atoms with E-state index in [4.69, 9.17) is 4.74 Å². The molecule has 1 aromatic carbocycles. The topological polar surface area (TPSA) is 15.7 Å². The molecule has 0 saturated carbocycles. The van der Waals surface area contributed by atoms with E-state index in [9.17, 15) is 0 Å². The summed E-state index contributed by atoms with van der Waals surface area (Å²) in [6.07, 6.45) is 1.17. The smallest absolute Gasteiger partial charge is 0.0594 e. The van der Waals surface area contributed by atoms with E-state index in [-0.39, 0.29) is 12.4 Å². The molecule has 1 fully saturated rings. The number of morpholine rings is 1. The highest BCUT2D eigenvalue weighted by atomic mass is 35.5. The zero-order chi connectivity index (χ0) is 15.9. The van der Waals surface area contributed by atoms with Crippen LogP contribution in [0.3, 0.4) is 0 Å². The van der Waals surface area contributed by atoms with Gasteiger partial charge in [0, 0.05) is 37.1 Å². The molecule has 1 aromatic heterocycles. The minimum Gasteiger partial charge on any atom is -0.379 e. The minimum absolute atomic E-state index is 0. The van der Waals surface area contributed by atoms with E-state index >= 15 is 0 Å². The summed E-state index contributed by atoms with van der Waals surface area (Å²) in [6, 6.07) is 15.7. The fourth-order valence-electron chi connectivity index (χ4n) is 3.19. The van der Waals surface area contributed by atoms with Gasteiger partial charge in [-0.15, -0.1) is 23.7 Å². The van der Waals surface area contributed by atoms with Crippen LogP contribution in [0.2, 0.25) is 0 Å². The number of rotatable bonds is 7. The van der Waals surface area contributed by atoms with E-state index in [0.29, 0.717) is 6.04 Å². The van der Waals surface area contributed by atoms with Crippen LogP contribution in [0.15, 0.2) is 47.8 Å². The number of hydrogen-bond acceptors (Lipinski definition) is 4. The first-order valence-electron chi connectivity index (χ1n) is 8.40. The normalized spacial score (nSPS) is 16.8. The summed E-state index contributed by atoms with van der Waals surface area (Å²) in [6.45, 7) is 5.94. The number of nitrogens with zero attached hydrogens (tertiary/aromatic N) is 2. The molecule has 0 aliphatic carbocycles. The molecule has 0 N–H and O–H groups in total. The van der Waals surface area contributed by atoms with Crippen LogP contribution in [0.5, 0.6) is 0 Å². The Balaban J connectivity index is 0.00000208. The lowest BCUT2D eigenvalue weighted by Crippen LogP contribution is -2.39. The van der Waals surface area contributed by atoms with E-state index < -0.39 is 0 Å². The molecule has 1 aliphatic rings. The zero-order valence-electron chi connectivity index (χ0n) is 14.3. The van der Waals surface area contributed by atoms with E-state index in [1.165, 1.54) is 16.9 Å². The molecule has 1 atom stereocenters. The quantitative estimate of drug-likeness (QED) is 0.734. The van der Waals surface area contributed by atoms with Crippen molar-refractivity contribution in [3.8, 4) is 0 Å². The number of benzene rings is 1. The Labute approximate surface area is 155 Å². The van der Waals surface area contributed by atoms with Crippen LogP contribution in [0.25, 0.3) is 0 Å². The molecule has 0 bridgehead atoms. The highest BCUT2D eigenvalue weighted by Crippen LogP contribution is 2.29. The Bertz CT molecular complexity index is 558. The Kier molecular flexibility index (Phi) is 8.22. The number of halogens is 1. The lowest BCUT2D eigenvalue weighted by molar-refractivity contribution is 0.0132. The maximum absolute atomic E-state index is 5.52. The summed E-state index contributed by atoms with van der Waals surface area (Å²) in [4.78, 5) is 6.50. The first-order valence-corrected chi connectivity index (χ1v) is 9.28. The third-order valence-corrected chi connectivity index (χ3v) is 5.41. The van der Waals surface area contributed by atoms with Crippen molar-refractivity contribution in [3.63, 3.8) is 0 Å². The second kappa shape index (κ2) is 10.2. The molecule has 2 heterocycles. The molecule has 0 spiro atoms. The van der Waals surface area contributed by atoms with Gasteiger partial charge in [-0.25, -0.2) is 0 Å². The maximum atomic E-state index is 5.52. The van der Waals surface area contributed by atoms with Crippen LogP contribution in [0, 0.1) is 0 Å². The molecule has 5 heteroatoms. The van der Waals surface area contributed by atoms with Gasteiger partial charge in [0.05, 0.1) is 13.2 Å². The van der Waals surface area contributed by atoms with Gasteiger partial charge in [-0.1, -0.05) is 36.4 Å². The monoisotopic (exact) mass is 366 g/mol. The third-order valence-electron chi connectivity index (χ3n) is 4.44. The summed E-state index contributed by atoms with van der Waals surface area (Å²) >= 11 is 1.88. The average Bonchev–Trinajstić information content (AvgIpc) is 3.11. The first kappa shape index (κ1) is 19.4. The summed E-state index contributed by atoms with van der Waals surface area (Å²) in [5.41, 5.74) is 1.38. The first-order chi connectivity index (χ1) is 11.3. The van der Waals surface area contributed by atoms with Gasteiger partial charge >= 0.3 is 0 Å². The average molecular weight is 367 g/mol. The van der Waals surface area contributed by atoms with E-state index in [1.54, 1.807) is 0 Å². The molecule has 3 nitrogen and oxygen atoms in total. The Morgan fingerprint density at radius 1 is 1.12 bits per heavy atom. The Morgan fingerprint density at radius 3 is 2.54 bits per heavy atom. The molecule has 1 saturated heterocycles. The molecular weight excluding hydrogens is 340 g/mol. The van der Waals surface area contributed by atoms with E-state index in [2.05, 4.69) is 64.7 Å². The van der Waals surface area contributed by atoms with Gasteiger partial charge in [0.25, 0.3) is 0 Å². The van der Waals surface area contributed by atoms with Gasteiger partial charge < -0.3 is 9.64 Å². The number of ether oxygens (including phenoxy) is 1. The third kappa shape index (κ3) is 5.57. The van der Waals surface area contributed by atoms with Crippen molar-refractivity contribution in [1.82, 2.24) is 9.80 Å². The van der Waals surface area contributed by atoms with E-state index in [0.717, 1.165) is 39.4 Å². The molecular formula is C19H27ClN2OS. The van der Waals surface area contributed by atoms with Crippen LogP contribution in [-0.2, 0) is 11.3 Å². The fraction of sp³-hybridized carbons (Fsp3) is 0.474. The van der Waals surface area contributed by atoms with Gasteiger partial charge in [-0.05, 0) is 30.5 Å². The van der Waals surface area contributed by atoms with Crippen LogP contribution >= 0.6 is 23.7 Å². The summed E-state index contributed by atoms with van der Waals surface area (Å²) in [5.74, 6) is 0. The summed E-state index contributed by atoms with van der Waals surface area (Å²) in [5, 5.41) is 2.19. The largest absolute Gasteiger partial charge is 0.379 e. The fourth-order valence-corrected chi connectivity index (χ4v) is 4.09. The van der Waals surface area contributed by atoms with Crippen LogP contribution in [-0.4, -0.2) is 49.7 Å². The van der Waals surface area contributed by atoms with Gasteiger partial charge in [-0.3, -0.25) is 4.90 Å². The van der Waals surface area contributed by atoms with Crippen molar-refractivity contribution in [1.29, 1.82) is 0 Å². The van der Waals surface area contributed by atoms with Gasteiger partial charge in [0.2, 0.25) is 0 Å². The zero-order valence-corrected chi connectivity index (χ0v) is 15.9. The highest BCUT2D eigenvalue weighted by molar-refractivity contribution is 7.10. The van der Waals surface area contributed by atoms with Gasteiger partial charge in [0.15, 0.2) is 0 Å². The molecule has 132 valence electrons. The minimum atomic E-state index is 0. The van der Waals surface area contributed by atoms with Gasteiger partial charge in [0.1, 0.15) is 0 Å². The van der Waals surface area contributed by atoms with E-state index in [1.807, 2.05) is 11.3 Å². The van der Waals surface area contributed by atoms with Crippen molar-refractivity contribution in [3.05, 3.63) is 58.3 Å². The van der Waals surface area contributed by atoms with Crippen molar-refractivity contribution in [2.45, 2.75) is 19.0 Å². The Hall–Kier alpha value is -0.910. The molecule has 3 rings (SSSR count). The van der Waals surface area contributed by atoms with Crippen LogP contribution in [0.4, 0.5) is 0 Å². The van der Waals surface area contributed by atoms with Crippen LogP contribution in [0.1, 0.15) is 22.9 Å². The molecule has 0 amide bonds. The highest BCUT2D eigenvalue weighted by Gasteiger charge is 2.23. The molecule has 24 heavy (non-hydrogen) atoms. The van der Waals surface area contributed by atoms with Crippen molar-refractivity contribution in [2.75, 3.05) is 39.9 Å². The lowest BCUT2D eigenvalue weighted by Gasteiger charge is -2.35. The molecule has 2 aromatic rings. The second-order valence-corrected chi connectivity index (χ2v) is 7.17. The predicted octanol–water partition coefficient (Wildman–Crippen LogP) is 4.07. The number of thiophene rings is 1. The lowest BCUT2D eigenvalue weighted by atomic mass is 10.1.